The molecular formula is C60H130Na12O20S5+12. The number of rotatable bonds is 60. The van der Waals surface area contributed by atoms with Gasteiger partial charge in [0.2, 0.25) is 0 Å². The quantitative estimate of drug-likeness (QED) is 0.0215. The van der Waals surface area contributed by atoms with Gasteiger partial charge in [0.05, 0.1) is 33.0 Å². The van der Waals surface area contributed by atoms with E-state index in [9.17, 15) is 42.1 Å². The number of unbranched alkanes of at least 4 members (excludes halogenated alkanes) is 45. The van der Waals surface area contributed by atoms with Crippen molar-refractivity contribution < 1.29 is 440 Å². The van der Waals surface area contributed by atoms with Crippen molar-refractivity contribution in [2.24, 2.45) is 0 Å². The first-order chi connectivity index (χ1) is 40.3. The van der Waals surface area contributed by atoms with Crippen LogP contribution in [0.5, 0.6) is 0 Å². The SMILES string of the molecule is CCCCCCCCCCCCOS(=O)(=O)O.CCCCCCCCCCCCOS(=O)(=O)O.CCCCCCCCCCCCOS(=O)(=O)O.CCCCCCCCCCCCOS(=O)(=O)O.CCCCCCCCCCCCOS(=O)(=O)O.[Na+].[Na+].[Na+].[Na+].[Na+].[Na+].[Na+].[Na+].[Na+].[Na+].[Na+].[Na+]. The molecular weight excluding hydrogens is 1480 g/mol. The minimum absolute atomic E-state index is 0. The minimum atomic E-state index is -4.23. The van der Waals surface area contributed by atoms with E-state index in [-0.39, 0.29) is 388 Å². The fourth-order valence-corrected chi connectivity index (χ4v) is 10.4. The molecule has 520 valence electrons. The molecule has 20 nitrogen and oxygen atoms in total. The molecule has 0 bridgehead atoms. The molecule has 0 saturated heterocycles. The molecule has 0 fully saturated rings. The van der Waals surface area contributed by atoms with Crippen molar-refractivity contribution in [2.75, 3.05) is 33.0 Å². The van der Waals surface area contributed by atoms with Gasteiger partial charge in [-0.2, -0.15) is 42.1 Å². The van der Waals surface area contributed by atoms with E-state index in [1.807, 2.05) is 0 Å². The summed E-state index contributed by atoms with van der Waals surface area (Å²) in [5.41, 5.74) is 0. The van der Waals surface area contributed by atoms with Crippen LogP contribution in [0, 0.1) is 0 Å². The first kappa shape index (κ1) is 150. The molecule has 0 aliphatic rings. The van der Waals surface area contributed by atoms with Crippen LogP contribution in [-0.4, -0.2) is 97.9 Å². The maximum absolute atomic E-state index is 10.2. The minimum Gasteiger partial charge on any atom is -0.264 e. The number of hydrogen-bond donors (Lipinski definition) is 5. The Balaban J connectivity index is -0.0000000533. The van der Waals surface area contributed by atoms with Gasteiger partial charge in [-0.25, -0.2) is 20.9 Å². The Bertz CT molecular complexity index is 1610. The van der Waals surface area contributed by atoms with Crippen molar-refractivity contribution >= 4 is 52.0 Å². The molecule has 0 unspecified atom stereocenters. The van der Waals surface area contributed by atoms with E-state index in [1.165, 1.54) is 225 Å². The molecule has 0 atom stereocenters. The van der Waals surface area contributed by atoms with E-state index >= 15 is 0 Å². The molecule has 0 amide bonds. The molecule has 0 radical (unpaired) electrons. The first-order valence-electron chi connectivity index (χ1n) is 33.4. The average Bonchev–Trinajstić information content (AvgIpc) is 3.41. The topological polar surface area (TPSA) is 318 Å². The molecule has 0 aromatic carbocycles. The van der Waals surface area contributed by atoms with Gasteiger partial charge in [-0.3, -0.25) is 22.8 Å². The van der Waals surface area contributed by atoms with Crippen molar-refractivity contribution in [1.82, 2.24) is 0 Å². The largest absolute Gasteiger partial charge is 1.00 e. The van der Waals surface area contributed by atoms with Gasteiger partial charge in [0.25, 0.3) is 0 Å². The molecule has 0 aliphatic carbocycles. The second kappa shape index (κ2) is 118. The molecule has 0 saturated carbocycles. The van der Waals surface area contributed by atoms with E-state index in [0.29, 0.717) is 32.1 Å². The summed E-state index contributed by atoms with van der Waals surface area (Å²) < 4.78 is 165. The summed E-state index contributed by atoms with van der Waals surface area (Å²) in [6, 6.07) is 0. The summed E-state index contributed by atoms with van der Waals surface area (Å²) in [6.07, 6.45) is 59.3. The van der Waals surface area contributed by atoms with Gasteiger partial charge in [-0.05, 0) is 32.1 Å². The summed E-state index contributed by atoms with van der Waals surface area (Å²) in [5, 5.41) is 0. The maximum atomic E-state index is 10.2. The van der Waals surface area contributed by atoms with Crippen molar-refractivity contribution in [3.8, 4) is 0 Å². The Morgan fingerprint density at radius 1 is 0.155 bits per heavy atom. The third-order valence-electron chi connectivity index (χ3n) is 13.7. The fraction of sp³-hybridized carbons (Fsp3) is 1.00. The van der Waals surface area contributed by atoms with Gasteiger partial charge in [0, 0.05) is 0 Å². The van der Waals surface area contributed by atoms with Crippen molar-refractivity contribution in [3.05, 3.63) is 0 Å². The second-order valence-electron chi connectivity index (χ2n) is 22.2. The van der Waals surface area contributed by atoms with Gasteiger partial charge in [-0.15, -0.1) is 0 Å². The van der Waals surface area contributed by atoms with Crippen LogP contribution >= 0.6 is 0 Å². The molecule has 0 heterocycles. The molecule has 37 heteroatoms. The summed E-state index contributed by atoms with van der Waals surface area (Å²) in [4.78, 5) is 0. The van der Waals surface area contributed by atoms with E-state index in [0.717, 1.165) is 64.2 Å². The van der Waals surface area contributed by atoms with Crippen LogP contribution in [0.3, 0.4) is 0 Å². The molecule has 0 aromatic heterocycles. The van der Waals surface area contributed by atoms with E-state index < -0.39 is 52.0 Å². The van der Waals surface area contributed by atoms with Crippen LogP contribution < -0.4 is 355 Å². The summed E-state index contributed by atoms with van der Waals surface area (Å²) in [7, 11) is -21.2. The van der Waals surface area contributed by atoms with E-state index in [4.69, 9.17) is 22.8 Å². The monoisotopic (exact) mass is 1610 g/mol. The zero-order valence-corrected chi connectivity index (χ0v) is 94.4. The molecule has 97 heavy (non-hydrogen) atoms. The molecule has 0 aliphatic heterocycles. The van der Waals surface area contributed by atoms with Crippen LogP contribution in [0.2, 0.25) is 0 Å². The van der Waals surface area contributed by atoms with E-state index in [2.05, 4.69) is 55.5 Å². The van der Waals surface area contributed by atoms with Crippen LogP contribution in [0.15, 0.2) is 0 Å². The van der Waals surface area contributed by atoms with Gasteiger partial charge in [0.1, 0.15) is 0 Å². The standard InChI is InChI=1S/5C12H26O4S.12Na/c5*1-2-3-4-5-6-7-8-9-10-11-12-16-17(13,14)15;;;;;;;;;;;;/h5*2-12H2,1H3,(H,13,14,15);;;;;;;;;;;;/q;;;;;12*+1. The summed E-state index contributed by atoms with van der Waals surface area (Å²) >= 11 is 0. The van der Waals surface area contributed by atoms with Gasteiger partial charge >= 0.3 is 407 Å². The predicted octanol–water partition coefficient (Wildman–Crippen LogP) is -17.3. The Hall–Kier alpha value is 11.3. The normalized spacial score (nSPS) is 10.4. The van der Waals surface area contributed by atoms with Gasteiger partial charge in [-0.1, -0.05) is 324 Å². The van der Waals surface area contributed by atoms with Gasteiger partial charge in [0.15, 0.2) is 0 Å². The second-order valence-corrected chi connectivity index (χ2v) is 27.6. The summed E-state index contributed by atoms with van der Waals surface area (Å²) in [5.74, 6) is 0. The predicted molar refractivity (Wildman–Crippen MR) is 347 cm³/mol. The third kappa shape index (κ3) is 180. The van der Waals surface area contributed by atoms with Crippen molar-refractivity contribution in [1.29, 1.82) is 0 Å². The molecule has 5 N–H and O–H groups in total. The summed E-state index contributed by atoms with van der Waals surface area (Å²) in [6.45, 7) is 11.5. The Kier molecular flexibility index (Phi) is 182. The van der Waals surface area contributed by atoms with Crippen LogP contribution in [0.25, 0.3) is 0 Å². The maximum Gasteiger partial charge on any atom is 1.00 e. The zero-order chi connectivity index (χ0) is 64.9. The Labute approximate surface area is 864 Å². The Morgan fingerprint density at radius 2 is 0.227 bits per heavy atom. The molecule has 0 rings (SSSR count). The molecule has 0 aromatic rings. The van der Waals surface area contributed by atoms with Gasteiger partial charge < -0.3 is 0 Å². The number of hydrogen-bond acceptors (Lipinski definition) is 15. The van der Waals surface area contributed by atoms with Crippen LogP contribution in [-0.2, 0) is 72.9 Å². The van der Waals surface area contributed by atoms with Crippen molar-refractivity contribution in [3.63, 3.8) is 0 Å². The fourth-order valence-electron chi connectivity index (χ4n) is 8.77. The smallest absolute Gasteiger partial charge is 0.264 e. The zero-order valence-electron chi connectivity index (χ0n) is 66.3. The average molecular weight is 1610 g/mol. The molecule has 0 spiro atoms. The van der Waals surface area contributed by atoms with Crippen molar-refractivity contribution in [2.45, 2.75) is 356 Å². The van der Waals surface area contributed by atoms with Crippen LogP contribution in [0.4, 0.5) is 0 Å². The Morgan fingerprint density at radius 3 is 0.299 bits per heavy atom. The van der Waals surface area contributed by atoms with E-state index in [1.54, 1.807) is 0 Å². The first-order valence-corrected chi connectivity index (χ1v) is 40.2. The third-order valence-corrected chi connectivity index (χ3v) is 16.0. The van der Waals surface area contributed by atoms with Crippen LogP contribution in [0.1, 0.15) is 356 Å².